The van der Waals surface area contributed by atoms with Crippen LogP contribution < -0.4 is 10.1 Å². The van der Waals surface area contributed by atoms with Gasteiger partial charge in [-0.05, 0) is 51.3 Å². The molecule has 1 saturated heterocycles. The first-order valence-electron chi connectivity index (χ1n) is 7.71. The molecule has 4 nitrogen and oxygen atoms in total. The van der Waals surface area contributed by atoms with E-state index in [0.717, 1.165) is 56.3 Å². The fourth-order valence-electron chi connectivity index (χ4n) is 2.46. The summed E-state index contributed by atoms with van der Waals surface area (Å²) in [4.78, 5) is 4.55. The number of aryl methyl sites for hydroxylation is 1. The predicted octanol–water partition coefficient (Wildman–Crippen LogP) is 2.84. The van der Waals surface area contributed by atoms with Gasteiger partial charge < -0.3 is 14.8 Å². The highest BCUT2D eigenvalue weighted by Crippen LogP contribution is 2.19. The van der Waals surface area contributed by atoms with Crippen molar-refractivity contribution in [1.29, 1.82) is 0 Å². The minimum absolute atomic E-state index is 0.455. The fourth-order valence-corrected chi connectivity index (χ4v) is 2.46. The summed E-state index contributed by atoms with van der Waals surface area (Å²) in [5.41, 5.74) is 2.04. The Balaban J connectivity index is 1.78. The highest BCUT2D eigenvalue weighted by molar-refractivity contribution is 5.29. The summed E-state index contributed by atoms with van der Waals surface area (Å²) < 4.78 is 11.5. The molecule has 0 radical (unpaired) electrons. The van der Waals surface area contributed by atoms with Crippen LogP contribution in [0.3, 0.4) is 0 Å². The summed E-state index contributed by atoms with van der Waals surface area (Å²) >= 11 is 0. The van der Waals surface area contributed by atoms with Gasteiger partial charge in [-0.2, -0.15) is 0 Å². The highest BCUT2D eigenvalue weighted by atomic mass is 16.5. The van der Waals surface area contributed by atoms with E-state index in [4.69, 9.17) is 9.47 Å². The summed E-state index contributed by atoms with van der Waals surface area (Å²) in [6.07, 6.45) is 5.01. The quantitative estimate of drug-likeness (QED) is 0.743. The van der Waals surface area contributed by atoms with E-state index in [1.165, 1.54) is 12.8 Å². The van der Waals surface area contributed by atoms with Crippen molar-refractivity contribution < 1.29 is 9.47 Å². The number of rotatable bonds is 8. The second-order valence-corrected chi connectivity index (χ2v) is 5.30. The van der Waals surface area contributed by atoms with Crippen LogP contribution in [0.4, 0.5) is 0 Å². The number of nitrogens with zero attached hydrogens (tertiary/aromatic N) is 1. The lowest BCUT2D eigenvalue weighted by atomic mass is 10.1. The minimum atomic E-state index is 0.455. The van der Waals surface area contributed by atoms with E-state index in [2.05, 4.69) is 17.2 Å². The standard InChI is InChI=1S/C16H26N2O2/c1-3-17-12-15-16(9-8-13(2)18-15)20-11-5-7-14-6-4-10-19-14/h8-9,14,17H,3-7,10-12H2,1-2H3. The zero-order valence-corrected chi connectivity index (χ0v) is 12.7. The van der Waals surface area contributed by atoms with Crippen LogP contribution in [-0.2, 0) is 11.3 Å². The van der Waals surface area contributed by atoms with Gasteiger partial charge in [-0.15, -0.1) is 0 Å². The maximum absolute atomic E-state index is 5.89. The minimum Gasteiger partial charge on any atom is -0.492 e. The van der Waals surface area contributed by atoms with Crippen molar-refractivity contribution in [3.8, 4) is 5.75 Å². The van der Waals surface area contributed by atoms with E-state index in [1.54, 1.807) is 0 Å². The van der Waals surface area contributed by atoms with Crippen molar-refractivity contribution in [3.63, 3.8) is 0 Å². The molecule has 0 spiro atoms. The van der Waals surface area contributed by atoms with Crippen LogP contribution in [0.5, 0.6) is 5.75 Å². The van der Waals surface area contributed by atoms with Crippen LogP contribution >= 0.6 is 0 Å². The molecule has 1 aromatic rings. The Bertz CT molecular complexity index is 403. The third-order valence-corrected chi connectivity index (χ3v) is 3.57. The van der Waals surface area contributed by atoms with Gasteiger partial charge in [-0.1, -0.05) is 6.92 Å². The van der Waals surface area contributed by atoms with E-state index in [0.29, 0.717) is 6.10 Å². The molecule has 112 valence electrons. The zero-order valence-electron chi connectivity index (χ0n) is 12.7. The number of pyridine rings is 1. The van der Waals surface area contributed by atoms with E-state index in [1.807, 2.05) is 19.1 Å². The summed E-state index contributed by atoms with van der Waals surface area (Å²) in [6, 6.07) is 4.03. The molecule has 0 aliphatic carbocycles. The Morgan fingerprint density at radius 3 is 3.10 bits per heavy atom. The maximum Gasteiger partial charge on any atom is 0.142 e. The third kappa shape index (κ3) is 4.76. The molecule has 1 atom stereocenters. The molecule has 0 amide bonds. The van der Waals surface area contributed by atoms with Crippen LogP contribution in [0.1, 0.15) is 44.0 Å². The van der Waals surface area contributed by atoms with Crippen LogP contribution in [0, 0.1) is 6.92 Å². The van der Waals surface area contributed by atoms with Crippen LogP contribution in [0.25, 0.3) is 0 Å². The Kier molecular flexibility index (Phi) is 6.27. The molecule has 1 N–H and O–H groups in total. The number of aromatic nitrogens is 1. The van der Waals surface area contributed by atoms with E-state index in [-0.39, 0.29) is 0 Å². The molecule has 2 heterocycles. The summed E-state index contributed by atoms with van der Waals surface area (Å²) in [6.45, 7) is 7.48. The average molecular weight is 278 g/mol. The molecule has 1 unspecified atom stereocenters. The van der Waals surface area contributed by atoms with Gasteiger partial charge in [0.15, 0.2) is 0 Å². The molecule has 1 aromatic heterocycles. The molecule has 0 aromatic carbocycles. The van der Waals surface area contributed by atoms with Crippen molar-refractivity contribution in [2.75, 3.05) is 19.8 Å². The zero-order chi connectivity index (χ0) is 14.2. The van der Waals surface area contributed by atoms with Gasteiger partial charge in [0, 0.05) is 18.8 Å². The first-order valence-corrected chi connectivity index (χ1v) is 7.71. The first kappa shape index (κ1) is 15.3. The van der Waals surface area contributed by atoms with Gasteiger partial charge in [-0.3, -0.25) is 4.98 Å². The first-order chi connectivity index (χ1) is 9.79. The average Bonchev–Trinajstić information content (AvgIpc) is 2.96. The van der Waals surface area contributed by atoms with E-state index in [9.17, 15) is 0 Å². The molecule has 1 fully saturated rings. The smallest absolute Gasteiger partial charge is 0.142 e. The predicted molar refractivity (Wildman–Crippen MR) is 80.1 cm³/mol. The van der Waals surface area contributed by atoms with E-state index < -0.39 is 0 Å². The summed E-state index contributed by atoms with van der Waals surface area (Å²) in [7, 11) is 0. The van der Waals surface area contributed by atoms with Crippen molar-refractivity contribution in [2.45, 2.75) is 52.2 Å². The summed E-state index contributed by atoms with van der Waals surface area (Å²) in [5, 5.41) is 3.30. The molecule has 2 rings (SSSR count). The molecule has 4 heteroatoms. The van der Waals surface area contributed by atoms with Gasteiger partial charge in [0.1, 0.15) is 5.75 Å². The SMILES string of the molecule is CCNCc1nc(C)ccc1OCCCC1CCCO1. The lowest BCUT2D eigenvalue weighted by Gasteiger charge is -2.13. The highest BCUT2D eigenvalue weighted by Gasteiger charge is 2.14. The fraction of sp³-hybridized carbons (Fsp3) is 0.688. The van der Waals surface area contributed by atoms with Crippen molar-refractivity contribution in [3.05, 3.63) is 23.5 Å². The lowest BCUT2D eigenvalue weighted by molar-refractivity contribution is 0.0980. The molecule has 0 bridgehead atoms. The Morgan fingerprint density at radius 2 is 2.35 bits per heavy atom. The van der Waals surface area contributed by atoms with Gasteiger partial charge >= 0.3 is 0 Å². The van der Waals surface area contributed by atoms with Crippen LogP contribution in [-0.4, -0.2) is 30.8 Å². The van der Waals surface area contributed by atoms with Crippen LogP contribution in [0.2, 0.25) is 0 Å². The van der Waals surface area contributed by atoms with Gasteiger partial charge in [-0.25, -0.2) is 0 Å². The summed E-state index contributed by atoms with van der Waals surface area (Å²) in [5.74, 6) is 0.906. The monoisotopic (exact) mass is 278 g/mol. The Morgan fingerprint density at radius 1 is 1.45 bits per heavy atom. The molecule has 20 heavy (non-hydrogen) atoms. The number of ether oxygens (including phenoxy) is 2. The lowest BCUT2D eigenvalue weighted by Crippen LogP contribution is -2.15. The van der Waals surface area contributed by atoms with Crippen LogP contribution in [0.15, 0.2) is 12.1 Å². The van der Waals surface area contributed by atoms with Crippen molar-refractivity contribution in [1.82, 2.24) is 10.3 Å². The van der Waals surface area contributed by atoms with E-state index >= 15 is 0 Å². The van der Waals surface area contributed by atoms with Crippen molar-refractivity contribution >= 4 is 0 Å². The van der Waals surface area contributed by atoms with Gasteiger partial charge in [0.2, 0.25) is 0 Å². The number of hydrogen-bond donors (Lipinski definition) is 1. The second kappa shape index (κ2) is 8.22. The Labute approximate surface area is 121 Å². The van der Waals surface area contributed by atoms with Crippen molar-refractivity contribution in [2.24, 2.45) is 0 Å². The normalized spacial score (nSPS) is 18.4. The number of hydrogen-bond acceptors (Lipinski definition) is 4. The van der Waals surface area contributed by atoms with Gasteiger partial charge in [0.05, 0.1) is 18.4 Å². The largest absolute Gasteiger partial charge is 0.492 e. The second-order valence-electron chi connectivity index (χ2n) is 5.30. The van der Waals surface area contributed by atoms with Gasteiger partial charge in [0.25, 0.3) is 0 Å². The number of nitrogens with one attached hydrogen (secondary N) is 1. The molecule has 1 aliphatic rings. The Hall–Kier alpha value is -1.13. The molecule has 1 aliphatic heterocycles. The maximum atomic E-state index is 5.89. The topological polar surface area (TPSA) is 43.4 Å². The molecular weight excluding hydrogens is 252 g/mol. The third-order valence-electron chi connectivity index (χ3n) is 3.57. The molecular formula is C16H26N2O2. The molecule has 0 saturated carbocycles.